The molecular weight excluding hydrogens is 223 g/mol. The zero-order valence-corrected chi connectivity index (χ0v) is 9.40. The molecule has 0 unspecified atom stereocenters. The van der Waals surface area contributed by atoms with Crippen LogP contribution < -0.4 is 10.5 Å². The first-order chi connectivity index (χ1) is 8.13. The van der Waals surface area contributed by atoms with Gasteiger partial charge in [0.1, 0.15) is 17.4 Å². The summed E-state index contributed by atoms with van der Waals surface area (Å²) in [5, 5.41) is 11.5. The van der Waals surface area contributed by atoms with Crippen LogP contribution in [0.2, 0.25) is 0 Å². The molecule has 0 amide bonds. The summed E-state index contributed by atoms with van der Waals surface area (Å²) >= 11 is 0. The van der Waals surface area contributed by atoms with Gasteiger partial charge < -0.3 is 15.7 Å². The summed E-state index contributed by atoms with van der Waals surface area (Å²) in [5.74, 6) is 0.407. The second-order valence-electron chi connectivity index (χ2n) is 4.51. The molecule has 0 spiro atoms. The molecule has 0 bridgehead atoms. The lowest BCUT2D eigenvalue weighted by Crippen LogP contribution is -2.22. The molecule has 0 atom stereocenters. The minimum absolute atomic E-state index is 0.0391. The summed E-state index contributed by atoms with van der Waals surface area (Å²) in [7, 11) is 0. The molecular formula is C12H15FN2O2. The van der Waals surface area contributed by atoms with Gasteiger partial charge in [-0.2, -0.15) is 0 Å². The van der Waals surface area contributed by atoms with Crippen LogP contribution in [0.25, 0.3) is 0 Å². The van der Waals surface area contributed by atoms with E-state index in [9.17, 15) is 4.39 Å². The van der Waals surface area contributed by atoms with E-state index in [1.54, 1.807) is 12.1 Å². The summed E-state index contributed by atoms with van der Waals surface area (Å²) in [5.41, 5.74) is 5.44. The Hall–Kier alpha value is -1.78. The van der Waals surface area contributed by atoms with Crippen molar-refractivity contribution in [3.05, 3.63) is 30.1 Å². The van der Waals surface area contributed by atoms with Gasteiger partial charge in [0.05, 0.1) is 6.61 Å². The van der Waals surface area contributed by atoms with Gasteiger partial charge in [0, 0.05) is 17.9 Å². The van der Waals surface area contributed by atoms with Crippen molar-refractivity contribution in [3.63, 3.8) is 0 Å². The first-order valence-corrected chi connectivity index (χ1v) is 5.48. The average Bonchev–Trinajstić information content (AvgIpc) is 3.07. The molecule has 1 saturated carbocycles. The number of nitrogens with two attached hydrogens (primary N) is 1. The molecule has 0 aromatic heterocycles. The highest BCUT2D eigenvalue weighted by atomic mass is 19.1. The van der Waals surface area contributed by atoms with Crippen LogP contribution in [0.1, 0.15) is 19.3 Å². The molecule has 3 N–H and O–H groups in total. The molecule has 0 heterocycles. The summed E-state index contributed by atoms with van der Waals surface area (Å²) in [6.45, 7) is 0.465. The van der Waals surface area contributed by atoms with Crippen molar-refractivity contribution in [2.45, 2.75) is 19.3 Å². The van der Waals surface area contributed by atoms with Crippen LogP contribution in [0.15, 0.2) is 29.4 Å². The van der Waals surface area contributed by atoms with Crippen molar-refractivity contribution in [2.24, 2.45) is 16.3 Å². The third kappa shape index (κ3) is 3.09. The Balaban J connectivity index is 1.90. The normalized spacial score (nSPS) is 17.8. The molecule has 1 aliphatic carbocycles. The van der Waals surface area contributed by atoms with Crippen molar-refractivity contribution in [2.75, 3.05) is 6.61 Å². The number of benzene rings is 1. The van der Waals surface area contributed by atoms with Gasteiger partial charge in [0.25, 0.3) is 0 Å². The molecule has 1 aromatic rings. The molecule has 4 nitrogen and oxygen atoms in total. The molecule has 17 heavy (non-hydrogen) atoms. The Morgan fingerprint density at radius 1 is 1.53 bits per heavy atom. The van der Waals surface area contributed by atoms with Gasteiger partial charge in [0.15, 0.2) is 0 Å². The smallest absolute Gasteiger partial charge is 0.139 e. The van der Waals surface area contributed by atoms with E-state index in [0.29, 0.717) is 18.8 Å². The SMILES string of the molecule is NC(CC1(COc2cccc(F)c2)CC1)=NO. The fraction of sp³-hybridized carbons (Fsp3) is 0.417. The lowest BCUT2D eigenvalue weighted by atomic mass is 10.0. The highest BCUT2D eigenvalue weighted by Gasteiger charge is 2.44. The van der Waals surface area contributed by atoms with E-state index in [-0.39, 0.29) is 17.1 Å². The third-order valence-corrected chi connectivity index (χ3v) is 2.98. The maximum absolute atomic E-state index is 12.9. The van der Waals surface area contributed by atoms with Crippen molar-refractivity contribution in [3.8, 4) is 5.75 Å². The Morgan fingerprint density at radius 3 is 2.88 bits per heavy atom. The molecule has 5 heteroatoms. The predicted octanol–water partition coefficient (Wildman–Crippen LogP) is 2.12. The van der Waals surface area contributed by atoms with Gasteiger partial charge in [-0.1, -0.05) is 11.2 Å². The summed E-state index contributed by atoms with van der Waals surface area (Å²) < 4.78 is 18.4. The number of oxime groups is 1. The van der Waals surface area contributed by atoms with E-state index in [1.165, 1.54) is 12.1 Å². The van der Waals surface area contributed by atoms with Crippen LogP contribution in [0.3, 0.4) is 0 Å². The first kappa shape index (κ1) is 11.7. The standard InChI is InChI=1S/C12H15FN2O2/c13-9-2-1-3-10(6-9)17-8-12(4-5-12)7-11(14)15-16/h1-3,6,16H,4-5,7-8H2,(H2,14,15). The van der Waals surface area contributed by atoms with Crippen LogP contribution in [0.4, 0.5) is 4.39 Å². The Labute approximate surface area is 98.9 Å². The number of nitrogens with zero attached hydrogens (tertiary/aromatic N) is 1. The monoisotopic (exact) mass is 238 g/mol. The van der Waals surface area contributed by atoms with Crippen molar-refractivity contribution in [1.82, 2.24) is 0 Å². The minimum atomic E-state index is -0.316. The quantitative estimate of drug-likeness (QED) is 0.357. The summed E-state index contributed by atoms with van der Waals surface area (Å²) in [6.07, 6.45) is 2.48. The maximum atomic E-state index is 12.9. The van der Waals surface area contributed by atoms with Crippen LogP contribution >= 0.6 is 0 Å². The topological polar surface area (TPSA) is 67.8 Å². The average molecular weight is 238 g/mol. The van der Waals surface area contributed by atoms with E-state index >= 15 is 0 Å². The number of hydrogen-bond donors (Lipinski definition) is 2. The van der Waals surface area contributed by atoms with Crippen molar-refractivity contribution in [1.29, 1.82) is 0 Å². The molecule has 0 aliphatic heterocycles. The van der Waals surface area contributed by atoms with Crippen molar-refractivity contribution < 1.29 is 14.3 Å². The Morgan fingerprint density at radius 2 is 2.29 bits per heavy atom. The molecule has 1 aliphatic rings. The number of halogens is 1. The molecule has 1 aromatic carbocycles. The minimum Gasteiger partial charge on any atom is -0.493 e. The molecule has 0 radical (unpaired) electrons. The Kier molecular flexibility index (Phi) is 3.17. The first-order valence-electron chi connectivity index (χ1n) is 5.48. The van der Waals surface area contributed by atoms with Crippen LogP contribution in [-0.4, -0.2) is 17.6 Å². The highest BCUT2D eigenvalue weighted by molar-refractivity contribution is 5.80. The van der Waals surface area contributed by atoms with Gasteiger partial charge >= 0.3 is 0 Å². The number of amidine groups is 1. The fourth-order valence-electron chi connectivity index (χ4n) is 1.76. The largest absolute Gasteiger partial charge is 0.493 e. The summed E-state index contributed by atoms with van der Waals surface area (Å²) in [6, 6.07) is 6.03. The second kappa shape index (κ2) is 4.61. The molecule has 0 saturated heterocycles. The number of rotatable bonds is 5. The van der Waals surface area contributed by atoms with E-state index in [4.69, 9.17) is 15.7 Å². The van der Waals surface area contributed by atoms with E-state index in [1.807, 2.05) is 0 Å². The zero-order valence-electron chi connectivity index (χ0n) is 9.40. The van der Waals surface area contributed by atoms with Crippen LogP contribution in [-0.2, 0) is 0 Å². The van der Waals surface area contributed by atoms with E-state index < -0.39 is 0 Å². The lowest BCUT2D eigenvalue weighted by Gasteiger charge is -2.15. The van der Waals surface area contributed by atoms with Gasteiger partial charge in [0.2, 0.25) is 0 Å². The van der Waals surface area contributed by atoms with Crippen molar-refractivity contribution >= 4 is 5.84 Å². The second-order valence-corrected chi connectivity index (χ2v) is 4.51. The molecule has 92 valence electrons. The third-order valence-electron chi connectivity index (χ3n) is 2.98. The number of hydrogen-bond acceptors (Lipinski definition) is 3. The van der Waals surface area contributed by atoms with E-state index in [0.717, 1.165) is 12.8 Å². The zero-order chi connectivity index (χ0) is 12.3. The van der Waals surface area contributed by atoms with Crippen LogP contribution in [0.5, 0.6) is 5.75 Å². The van der Waals surface area contributed by atoms with Gasteiger partial charge in [-0.15, -0.1) is 0 Å². The summed E-state index contributed by atoms with van der Waals surface area (Å²) in [4.78, 5) is 0. The van der Waals surface area contributed by atoms with E-state index in [2.05, 4.69) is 5.16 Å². The highest BCUT2D eigenvalue weighted by Crippen LogP contribution is 2.48. The lowest BCUT2D eigenvalue weighted by molar-refractivity contribution is 0.235. The van der Waals surface area contributed by atoms with Crippen LogP contribution in [0, 0.1) is 11.2 Å². The predicted molar refractivity (Wildman–Crippen MR) is 61.6 cm³/mol. The molecule has 2 rings (SSSR count). The van der Waals surface area contributed by atoms with Gasteiger partial charge in [-0.05, 0) is 25.0 Å². The number of ether oxygens (including phenoxy) is 1. The maximum Gasteiger partial charge on any atom is 0.139 e. The fourth-order valence-corrected chi connectivity index (χ4v) is 1.76. The Bertz CT molecular complexity index is 430. The van der Waals surface area contributed by atoms with Gasteiger partial charge in [-0.25, -0.2) is 4.39 Å². The van der Waals surface area contributed by atoms with Gasteiger partial charge in [-0.3, -0.25) is 0 Å². The molecule has 1 fully saturated rings.